The van der Waals surface area contributed by atoms with Gasteiger partial charge in [0.25, 0.3) is 10.0 Å². The number of hydrogen-bond donors (Lipinski definition) is 1. The molecule has 7 heteroatoms. The van der Waals surface area contributed by atoms with Crippen molar-refractivity contribution in [1.29, 1.82) is 0 Å². The van der Waals surface area contributed by atoms with E-state index in [1.165, 1.54) is 24.3 Å². The lowest BCUT2D eigenvalue weighted by molar-refractivity contribution is 0.0599. The Hall–Kier alpha value is -2.77. The van der Waals surface area contributed by atoms with Crippen LogP contribution in [0.25, 0.3) is 0 Å². The maximum Gasteiger partial charge on any atom is 0.338 e. The molecule has 0 aromatic heterocycles. The van der Waals surface area contributed by atoms with Gasteiger partial charge in [0.05, 0.1) is 17.6 Å². The number of sulfonamides is 1. The van der Waals surface area contributed by atoms with Crippen LogP contribution >= 0.6 is 11.8 Å². The van der Waals surface area contributed by atoms with Crippen molar-refractivity contribution < 1.29 is 17.9 Å². The number of carbonyl (C=O) groups excluding carboxylic acids is 1. The average Bonchev–Trinajstić information content (AvgIpc) is 2.79. The number of benzene rings is 3. The minimum Gasteiger partial charge on any atom is -0.465 e. The van der Waals surface area contributed by atoms with Crippen LogP contribution in [0.5, 0.6) is 0 Å². The van der Waals surface area contributed by atoms with E-state index in [2.05, 4.69) is 35.9 Å². The normalized spacial score (nSPS) is 11.2. The van der Waals surface area contributed by atoms with Crippen LogP contribution in [0.4, 0.5) is 5.69 Å². The Kier molecular flexibility index (Phi) is 7.64. The van der Waals surface area contributed by atoms with Gasteiger partial charge in [-0.3, -0.25) is 4.72 Å². The van der Waals surface area contributed by atoms with Crippen molar-refractivity contribution in [2.24, 2.45) is 0 Å². The number of thioether (sulfide) groups is 1. The first kappa shape index (κ1) is 23.9. The minimum absolute atomic E-state index is 0.0231. The predicted molar refractivity (Wildman–Crippen MR) is 130 cm³/mol. The van der Waals surface area contributed by atoms with E-state index in [-0.39, 0.29) is 10.5 Å². The highest BCUT2D eigenvalue weighted by Gasteiger charge is 2.20. The molecule has 3 aromatic rings. The molecule has 0 atom stereocenters. The van der Waals surface area contributed by atoms with E-state index in [1.54, 1.807) is 43.8 Å². The third-order valence-electron chi connectivity index (χ3n) is 5.30. The molecule has 1 N–H and O–H groups in total. The van der Waals surface area contributed by atoms with E-state index >= 15 is 0 Å². The smallest absolute Gasteiger partial charge is 0.338 e. The van der Waals surface area contributed by atoms with Gasteiger partial charge in [-0.25, -0.2) is 13.2 Å². The molecule has 0 aliphatic carbocycles. The molecule has 5 nitrogen and oxygen atoms in total. The lowest BCUT2D eigenvalue weighted by atomic mass is 10.0. The number of nitrogens with one attached hydrogen (secondary N) is 1. The molecule has 0 fully saturated rings. The molecule has 0 saturated carbocycles. The summed E-state index contributed by atoms with van der Waals surface area (Å²) in [6.45, 7) is 5.67. The van der Waals surface area contributed by atoms with Crippen molar-refractivity contribution in [2.45, 2.75) is 42.7 Å². The van der Waals surface area contributed by atoms with Crippen molar-refractivity contribution >= 4 is 33.4 Å². The molecule has 3 rings (SSSR count). The topological polar surface area (TPSA) is 72.5 Å². The molecule has 0 heterocycles. The quantitative estimate of drug-likeness (QED) is 0.336. The van der Waals surface area contributed by atoms with Crippen LogP contribution in [0.2, 0.25) is 0 Å². The number of rotatable bonds is 8. The number of methoxy groups -OCH3 is 1. The van der Waals surface area contributed by atoms with Gasteiger partial charge in [-0.15, -0.1) is 11.8 Å². The standard InChI is InChI=1S/C25H27NO4S2/c1-5-19-6-8-20(9-7-19)16-31-22-12-10-21(11-13-22)26-32(28,29)23-14-17(2)18(3)24(15-23)25(27)30-4/h6-15,26H,5,16H2,1-4H3. The van der Waals surface area contributed by atoms with Gasteiger partial charge in [0, 0.05) is 16.3 Å². The van der Waals surface area contributed by atoms with Crippen LogP contribution in [0.15, 0.2) is 70.5 Å². The molecule has 0 saturated heterocycles. The number of anilines is 1. The van der Waals surface area contributed by atoms with Crippen molar-refractivity contribution in [3.05, 3.63) is 88.5 Å². The monoisotopic (exact) mass is 469 g/mol. The Morgan fingerprint density at radius 1 is 0.969 bits per heavy atom. The van der Waals surface area contributed by atoms with E-state index in [0.717, 1.165) is 17.1 Å². The zero-order chi connectivity index (χ0) is 23.3. The van der Waals surface area contributed by atoms with E-state index in [0.29, 0.717) is 16.8 Å². The number of esters is 1. The van der Waals surface area contributed by atoms with Crippen LogP contribution in [0.1, 0.15) is 39.5 Å². The zero-order valence-corrected chi connectivity index (χ0v) is 20.3. The number of carbonyl (C=O) groups is 1. The molecule has 3 aromatic carbocycles. The Balaban J connectivity index is 1.71. The van der Waals surface area contributed by atoms with Crippen molar-refractivity contribution in [3.63, 3.8) is 0 Å². The molecular formula is C25H27NO4S2. The Bertz CT molecular complexity index is 1200. The Morgan fingerprint density at radius 3 is 2.19 bits per heavy atom. The average molecular weight is 470 g/mol. The van der Waals surface area contributed by atoms with Gasteiger partial charge in [-0.2, -0.15) is 0 Å². The molecule has 0 radical (unpaired) electrons. The maximum atomic E-state index is 12.9. The summed E-state index contributed by atoms with van der Waals surface area (Å²) in [7, 11) is -2.58. The summed E-state index contributed by atoms with van der Waals surface area (Å²) in [5, 5.41) is 0. The van der Waals surface area contributed by atoms with Crippen molar-refractivity contribution in [3.8, 4) is 0 Å². The van der Waals surface area contributed by atoms with Crippen LogP contribution in [-0.4, -0.2) is 21.5 Å². The second kappa shape index (κ2) is 10.2. The van der Waals surface area contributed by atoms with Crippen LogP contribution in [-0.2, 0) is 26.9 Å². The minimum atomic E-state index is -3.86. The van der Waals surface area contributed by atoms with Crippen molar-refractivity contribution in [2.75, 3.05) is 11.8 Å². The largest absolute Gasteiger partial charge is 0.465 e. The summed E-state index contributed by atoms with van der Waals surface area (Å²) in [6, 6.07) is 18.7. The summed E-state index contributed by atoms with van der Waals surface area (Å²) in [5.41, 5.74) is 4.66. The first-order valence-electron chi connectivity index (χ1n) is 10.3. The molecule has 0 amide bonds. The first-order valence-corrected chi connectivity index (χ1v) is 12.7. The molecule has 0 bridgehead atoms. The number of hydrogen-bond acceptors (Lipinski definition) is 5. The number of aryl methyl sites for hydroxylation is 2. The summed E-state index contributed by atoms with van der Waals surface area (Å²) in [5.74, 6) is 0.280. The van der Waals surface area contributed by atoms with Crippen LogP contribution in [0, 0.1) is 13.8 Å². The predicted octanol–water partition coefficient (Wildman–Crippen LogP) is 5.75. The maximum absolute atomic E-state index is 12.9. The molecule has 0 aliphatic heterocycles. The Labute approximate surface area is 194 Å². The van der Waals surface area contributed by atoms with E-state index in [9.17, 15) is 13.2 Å². The fourth-order valence-electron chi connectivity index (χ4n) is 3.17. The highest BCUT2D eigenvalue weighted by Crippen LogP contribution is 2.26. The molecular weight excluding hydrogens is 442 g/mol. The van der Waals surface area contributed by atoms with Crippen LogP contribution < -0.4 is 4.72 Å². The van der Waals surface area contributed by atoms with Gasteiger partial charge in [-0.05, 0) is 78.9 Å². The summed E-state index contributed by atoms with van der Waals surface area (Å²) in [6.07, 6.45) is 1.02. The number of ether oxygens (including phenoxy) is 1. The highest BCUT2D eigenvalue weighted by molar-refractivity contribution is 7.98. The fraction of sp³-hybridized carbons (Fsp3) is 0.240. The van der Waals surface area contributed by atoms with Gasteiger partial charge in [0.1, 0.15) is 0 Å². The second-order valence-electron chi connectivity index (χ2n) is 7.49. The molecule has 0 aliphatic rings. The van der Waals surface area contributed by atoms with E-state index in [1.807, 2.05) is 12.1 Å². The molecule has 0 spiro atoms. The summed E-state index contributed by atoms with van der Waals surface area (Å²) in [4.78, 5) is 13.1. The highest BCUT2D eigenvalue weighted by atomic mass is 32.2. The van der Waals surface area contributed by atoms with Gasteiger partial charge < -0.3 is 4.74 Å². The fourth-order valence-corrected chi connectivity index (χ4v) is 5.20. The second-order valence-corrected chi connectivity index (χ2v) is 10.2. The van der Waals surface area contributed by atoms with Gasteiger partial charge in [0.15, 0.2) is 0 Å². The summed E-state index contributed by atoms with van der Waals surface area (Å²) >= 11 is 1.69. The third kappa shape index (κ3) is 5.72. The Morgan fingerprint density at radius 2 is 1.59 bits per heavy atom. The van der Waals surface area contributed by atoms with Gasteiger partial charge >= 0.3 is 5.97 Å². The lowest BCUT2D eigenvalue weighted by Crippen LogP contribution is -2.15. The zero-order valence-electron chi connectivity index (χ0n) is 18.6. The molecule has 168 valence electrons. The third-order valence-corrected chi connectivity index (χ3v) is 7.74. The van der Waals surface area contributed by atoms with E-state index in [4.69, 9.17) is 4.74 Å². The van der Waals surface area contributed by atoms with Crippen molar-refractivity contribution in [1.82, 2.24) is 0 Å². The van der Waals surface area contributed by atoms with Crippen LogP contribution in [0.3, 0.4) is 0 Å². The van der Waals surface area contributed by atoms with Gasteiger partial charge in [-0.1, -0.05) is 31.2 Å². The SMILES string of the molecule is CCc1ccc(CSc2ccc(NS(=O)(=O)c3cc(C)c(C)c(C(=O)OC)c3)cc2)cc1. The van der Waals surface area contributed by atoms with E-state index < -0.39 is 16.0 Å². The summed E-state index contributed by atoms with van der Waals surface area (Å²) < 4.78 is 33.2. The first-order chi connectivity index (χ1) is 15.2. The molecule has 0 unspecified atom stereocenters. The lowest BCUT2D eigenvalue weighted by Gasteiger charge is -2.13. The molecule has 32 heavy (non-hydrogen) atoms. The van der Waals surface area contributed by atoms with Gasteiger partial charge in [0.2, 0.25) is 0 Å².